The van der Waals surface area contributed by atoms with Crippen LogP contribution >= 0.6 is 0 Å². The second-order valence-electron chi connectivity index (χ2n) is 5.10. The van der Waals surface area contributed by atoms with E-state index in [2.05, 4.69) is 10.1 Å². The van der Waals surface area contributed by atoms with E-state index in [1.165, 1.54) is 12.1 Å². The molecule has 1 unspecified atom stereocenters. The molecule has 1 aromatic heterocycles. The molecule has 1 atom stereocenters. The Labute approximate surface area is 121 Å². The van der Waals surface area contributed by atoms with Crippen molar-refractivity contribution < 1.29 is 13.7 Å². The van der Waals surface area contributed by atoms with Crippen LogP contribution < -0.4 is 0 Å². The number of hydrogen-bond acceptors (Lipinski definition) is 4. The number of aromatic nitrogens is 2. The lowest BCUT2D eigenvalue weighted by molar-refractivity contribution is -0.129. The smallest absolute Gasteiger partial charge is 0.249 e. The molecule has 0 radical (unpaired) electrons. The lowest BCUT2D eigenvalue weighted by atomic mass is 10.2. The molecule has 0 bridgehead atoms. The third kappa shape index (κ3) is 2.79. The van der Waals surface area contributed by atoms with Crippen molar-refractivity contribution in [3.63, 3.8) is 0 Å². The predicted octanol–water partition coefficient (Wildman–Crippen LogP) is 2.63. The highest BCUT2D eigenvalue weighted by Gasteiger charge is 2.35. The van der Waals surface area contributed by atoms with Gasteiger partial charge in [0.25, 0.3) is 0 Å². The number of benzene rings is 1. The fourth-order valence-electron chi connectivity index (χ4n) is 2.52. The van der Waals surface area contributed by atoms with E-state index < -0.39 is 0 Å². The maximum Gasteiger partial charge on any atom is 0.249 e. The minimum Gasteiger partial charge on any atom is -0.337 e. The quantitative estimate of drug-likeness (QED) is 0.868. The third-order valence-electron chi connectivity index (χ3n) is 3.68. The van der Waals surface area contributed by atoms with Gasteiger partial charge in [0.2, 0.25) is 11.8 Å². The summed E-state index contributed by atoms with van der Waals surface area (Å²) in [7, 11) is 0. The van der Waals surface area contributed by atoms with E-state index in [0.29, 0.717) is 37.5 Å². The largest absolute Gasteiger partial charge is 0.337 e. The van der Waals surface area contributed by atoms with Crippen LogP contribution in [0, 0.1) is 5.82 Å². The molecule has 6 heteroatoms. The molecule has 0 spiro atoms. The summed E-state index contributed by atoms with van der Waals surface area (Å²) in [6.07, 6.45) is 1.84. The van der Waals surface area contributed by atoms with Crippen LogP contribution in [0.3, 0.4) is 0 Å². The molecular weight excluding hydrogens is 273 g/mol. The zero-order valence-corrected chi connectivity index (χ0v) is 11.8. The van der Waals surface area contributed by atoms with Crippen LogP contribution in [0.1, 0.15) is 43.1 Å². The molecule has 2 aromatic rings. The van der Waals surface area contributed by atoms with Crippen LogP contribution in [-0.2, 0) is 17.8 Å². The fourth-order valence-corrected chi connectivity index (χ4v) is 2.52. The molecule has 1 aromatic carbocycles. The van der Waals surface area contributed by atoms with E-state index in [0.717, 1.165) is 5.56 Å². The molecule has 0 aliphatic carbocycles. The lowest BCUT2D eigenvalue weighted by Crippen LogP contribution is -2.27. The maximum absolute atomic E-state index is 12.9. The minimum absolute atomic E-state index is 0.0561. The average Bonchev–Trinajstić information content (AvgIpc) is 3.09. The van der Waals surface area contributed by atoms with Gasteiger partial charge >= 0.3 is 0 Å². The van der Waals surface area contributed by atoms with Gasteiger partial charge in [-0.15, -0.1) is 0 Å². The van der Waals surface area contributed by atoms with Gasteiger partial charge in [-0.1, -0.05) is 24.2 Å². The molecule has 21 heavy (non-hydrogen) atoms. The molecule has 3 rings (SSSR count). The van der Waals surface area contributed by atoms with E-state index in [-0.39, 0.29) is 17.8 Å². The summed E-state index contributed by atoms with van der Waals surface area (Å²) in [6.45, 7) is 2.37. The van der Waals surface area contributed by atoms with Crippen LogP contribution in [0.15, 0.2) is 28.8 Å². The van der Waals surface area contributed by atoms with Gasteiger partial charge in [-0.25, -0.2) is 4.39 Å². The molecule has 1 fully saturated rings. The van der Waals surface area contributed by atoms with Gasteiger partial charge in [0.05, 0.1) is 0 Å². The summed E-state index contributed by atoms with van der Waals surface area (Å²) >= 11 is 0. The Morgan fingerprint density at radius 1 is 1.38 bits per heavy atom. The summed E-state index contributed by atoms with van der Waals surface area (Å²) in [5, 5.41) is 3.88. The Morgan fingerprint density at radius 3 is 2.81 bits per heavy atom. The minimum atomic E-state index is -0.285. The van der Waals surface area contributed by atoms with Gasteiger partial charge in [-0.05, 0) is 24.1 Å². The summed E-state index contributed by atoms with van der Waals surface area (Å²) < 4.78 is 18.2. The van der Waals surface area contributed by atoms with Crippen LogP contribution in [0.4, 0.5) is 4.39 Å². The van der Waals surface area contributed by atoms with Crippen molar-refractivity contribution >= 4 is 5.91 Å². The first kappa shape index (κ1) is 13.7. The van der Waals surface area contributed by atoms with Crippen molar-refractivity contribution in [2.45, 2.75) is 38.8 Å². The number of rotatable bonds is 4. The molecule has 2 heterocycles. The second-order valence-corrected chi connectivity index (χ2v) is 5.10. The summed E-state index contributed by atoms with van der Waals surface area (Å²) in [5.41, 5.74) is 0.881. The standard InChI is InChI=1S/C15H16FN3O2/c1-2-13-17-15(21-18-13)12-7-8-14(20)19(12)9-10-3-5-11(16)6-4-10/h3-6,12H,2,7-9H2,1H3. The zero-order chi connectivity index (χ0) is 14.8. The number of carbonyl (C=O) groups is 1. The van der Waals surface area contributed by atoms with Gasteiger partial charge < -0.3 is 9.42 Å². The number of nitrogens with zero attached hydrogens (tertiary/aromatic N) is 3. The summed E-state index contributed by atoms with van der Waals surface area (Å²) in [6, 6.07) is 5.97. The van der Waals surface area contributed by atoms with E-state index in [1.54, 1.807) is 17.0 Å². The Hall–Kier alpha value is -2.24. The van der Waals surface area contributed by atoms with Crippen molar-refractivity contribution in [3.8, 4) is 0 Å². The topological polar surface area (TPSA) is 59.2 Å². The normalized spacial score (nSPS) is 18.5. The number of amides is 1. The maximum atomic E-state index is 12.9. The predicted molar refractivity (Wildman–Crippen MR) is 72.6 cm³/mol. The first-order valence-corrected chi connectivity index (χ1v) is 7.03. The molecule has 0 N–H and O–H groups in total. The zero-order valence-electron chi connectivity index (χ0n) is 11.8. The summed E-state index contributed by atoms with van der Waals surface area (Å²) in [4.78, 5) is 18.1. The monoisotopic (exact) mass is 289 g/mol. The van der Waals surface area contributed by atoms with Crippen LogP contribution in [0.25, 0.3) is 0 Å². The molecule has 1 saturated heterocycles. The summed E-state index contributed by atoms with van der Waals surface area (Å²) in [5.74, 6) is 0.902. The highest BCUT2D eigenvalue weighted by molar-refractivity contribution is 5.78. The number of carbonyl (C=O) groups excluding carboxylic acids is 1. The lowest BCUT2D eigenvalue weighted by Gasteiger charge is -2.22. The van der Waals surface area contributed by atoms with Crippen molar-refractivity contribution in [1.82, 2.24) is 15.0 Å². The van der Waals surface area contributed by atoms with Crippen LogP contribution in [-0.4, -0.2) is 20.9 Å². The molecule has 1 amide bonds. The van der Waals surface area contributed by atoms with Gasteiger partial charge in [0.1, 0.15) is 11.9 Å². The third-order valence-corrected chi connectivity index (χ3v) is 3.68. The molecular formula is C15H16FN3O2. The SMILES string of the molecule is CCc1noc(C2CCC(=O)N2Cc2ccc(F)cc2)n1. The Morgan fingerprint density at radius 2 is 2.14 bits per heavy atom. The highest BCUT2D eigenvalue weighted by Crippen LogP contribution is 2.33. The van der Waals surface area contributed by atoms with E-state index >= 15 is 0 Å². The number of halogens is 1. The molecule has 1 aliphatic heterocycles. The van der Waals surface area contributed by atoms with Crippen molar-refractivity contribution in [2.24, 2.45) is 0 Å². The molecule has 5 nitrogen and oxygen atoms in total. The van der Waals surface area contributed by atoms with E-state index in [1.807, 2.05) is 6.92 Å². The second kappa shape index (κ2) is 5.63. The Balaban J connectivity index is 1.80. The average molecular weight is 289 g/mol. The van der Waals surface area contributed by atoms with Crippen molar-refractivity contribution in [3.05, 3.63) is 47.4 Å². The molecule has 0 saturated carbocycles. The number of likely N-dealkylation sites (tertiary alicyclic amines) is 1. The Kier molecular flexibility index (Phi) is 3.68. The number of hydrogen-bond donors (Lipinski definition) is 0. The van der Waals surface area contributed by atoms with E-state index in [4.69, 9.17) is 4.52 Å². The first-order chi connectivity index (χ1) is 10.2. The van der Waals surface area contributed by atoms with Gasteiger partial charge in [0, 0.05) is 19.4 Å². The number of aryl methyl sites for hydroxylation is 1. The van der Waals surface area contributed by atoms with Gasteiger partial charge in [-0.2, -0.15) is 4.98 Å². The highest BCUT2D eigenvalue weighted by atomic mass is 19.1. The van der Waals surface area contributed by atoms with Crippen molar-refractivity contribution in [1.29, 1.82) is 0 Å². The molecule has 110 valence electrons. The fraction of sp³-hybridized carbons (Fsp3) is 0.400. The van der Waals surface area contributed by atoms with Crippen LogP contribution in [0.2, 0.25) is 0 Å². The van der Waals surface area contributed by atoms with Gasteiger partial charge in [0.15, 0.2) is 5.82 Å². The van der Waals surface area contributed by atoms with Crippen molar-refractivity contribution in [2.75, 3.05) is 0 Å². The van der Waals surface area contributed by atoms with Crippen LogP contribution in [0.5, 0.6) is 0 Å². The molecule has 1 aliphatic rings. The van der Waals surface area contributed by atoms with E-state index in [9.17, 15) is 9.18 Å². The van der Waals surface area contributed by atoms with Gasteiger partial charge in [-0.3, -0.25) is 4.79 Å². The Bertz CT molecular complexity index is 639. The first-order valence-electron chi connectivity index (χ1n) is 7.03.